The number of methoxy groups -OCH3 is 1. The topological polar surface area (TPSA) is 58.9 Å². The van der Waals surface area contributed by atoms with Crippen LogP contribution in [-0.2, 0) is 13.0 Å². The molecule has 2 saturated carbocycles. The van der Waals surface area contributed by atoms with E-state index in [1.807, 2.05) is 13.0 Å². The Morgan fingerprint density at radius 3 is 2.57 bits per heavy atom. The number of hydrogen-bond donors (Lipinski definition) is 2. The fourth-order valence-electron chi connectivity index (χ4n) is 7.03. The second kappa shape index (κ2) is 6.37. The number of aliphatic hydroxyl groups excluding tert-OH is 2. The van der Waals surface area contributed by atoms with Gasteiger partial charge < -0.3 is 19.7 Å². The number of fused-ring (bicyclic) bond motifs is 3. The Kier molecular flexibility index (Phi) is 4.56. The summed E-state index contributed by atoms with van der Waals surface area (Å²) in [6.07, 6.45) is 4.57. The fourth-order valence-corrected chi connectivity index (χ4v) is 7.03. The molecule has 2 fully saturated rings. The molecular formula is C24H36O4. The zero-order valence-corrected chi connectivity index (χ0v) is 18.3. The number of hydrogen-bond acceptors (Lipinski definition) is 4. The third-order valence-electron chi connectivity index (χ3n) is 8.89. The zero-order chi connectivity index (χ0) is 20.5. The van der Waals surface area contributed by atoms with E-state index in [1.54, 1.807) is 7.11 Å². The summed E-state index contributed by atoms with van der Waals surface area (Å²) in [6, 6.07) is 2.04. The molecular weight excluding hydrogens is 352 g/mol. The molecule has 0 saturated heterocycles. The molecule has 0 amide bonds. The summed E-state index contributed by atoms with van der Waals surface area (Å²) in [5, 5.41) is 20.8. The number of aliphatic hydroxyl groups is 2. The van der Waals surface area contributed by atoms with Crippen LogP contribution in [0.1, 0.15) is 70.1 Å². The molecule has 2 N–H and O–H groups in total. The highest BCUT2D eigenvalue weighted by Gasteiger charge is 2.67. The van der Waals surface area contributed by atoms with Crippen molar-refractivity contribution in [3.8, 4) is 11.5 Å². The highest BCUT2D eigenvalue weighted by molar-refractivity contribution is 5.57. The summed E-state index contributed by atoms with van der Waals surface area (Å²) < 4.78 is 12.7. The van der Waals surface area contributed by atoms with Crippen molar-refractivity contribution in [2.75, 3.05) is 7.11 Å². The zero-order valence-electron chi connectivity index (χ0n) is 18.3. The van der Waals surface area contributed by atoms with Gasteiger partial charge in [0.25, 0.3) is 0 Å². The summed E-state index contributed by atoms with van der Waals surface area (Å²) in [4.78, 5) is 0. The molecule has 1 aliphatic heterocycles. The second-order valence-electron chi connectivity index (χ2n) is 10.3. The maximum absolute atomic E-state index is 10.8. The Balaban J connectivity index is 1.87. The summed E-state index contributed by atoms with van der Waals surface area (Å²) in [5.74, 6) is 2.52. The molecule has 4 rings (SSSR count). The van der Waals surface area contributed by atoms with E-state index in [1.165, 1.54) is 0 Å². The van der Waals surface area contributed by atoms with Gasteiger partial charge in [0.05, 0.1) is 19.8 Å². The van der Waals surface area contributed by atoms with E-state index < -0.39 is 0 Å². The number of ether oxygens (including phenoxy) is 2. The van der Waals surface area contributed by atoms with Gasteiger partial charge in [0.15, 0.2) is 0 Å². The van der Waals surface area contributed by atoms with Gasteiger partial charge in [-0.15, -0.1) is 0 Å². The summed E-state index contributed by atoms with van der Waals surface area (Å²) in [7, 11) is 1.72. The predicted octanol–water partition coefficient (Wildman–Crippen LogP) is 4.40. The second-order valence-corrected chi connectivity index (χ2v) is 10.3. The Bertz CT molecular complexity index is 785. The van der Waals surface area contributed by atoms with Gasteiger partial charge in [0.2, 0.25) is 0 Å². The predicted molar refractivity (Wildman–Crippen MR) is 110 cm³/mol. The van der Waals surface area contributed by atoms with Gasteiger partial charge in [-0.25, -0.2) is 0 Å². The van der Waals surface area contributed by atoms with Crippen LogP contribution in [0.5, 0.6) is 11.5 Å². The molecule has 156 valence electrons. The first-order chi connectivity index (χ1) is 13.1. The van der Waals surface area contributed by atoms with Crippen LogP contribution in [0.2, 0.25) is 0 Å². The van der Waals surface area contributed by atoms with Gasteiger partial charge in [-0.2, -0.15) is 0 Å². The number of benzene rings is 1. The van der Waals surface area contributed by atoms with Gasteiger partial charge in [-0.05, 0) is 61.5 Å². The quantitative estimate of drug-likeness (QED) is 0.788. The molecule has 1 aromatic carbocycles. The molecule has 0 radical (unpaired) electrons. The van der Waals surface area contributed by atoms with Gasteiger partial charge in [-0.3, -0.25) is 0 Å². The van der Waals surface area contributed by atoms with Gasteiger partial charge in [-0.1, -0.05) is 27.7 Å². The largest absolute Gasteiger partial charge is 0.496 e. The molecule has 1 heterocycles. The van der Waals surface area contributed by atoms with Crippen molar-refractivity contribution >= 4 is 0 Å². The average molecular weight is 389 g/mol. The van der Waals surface area contributed by atoms with E-state index in [0.29, 0.717) is 11.8 Å². The van der Waals surface area contributed by atoms with E-state index in [2.05, 4.69) is 27.7 Å². The molecule has 5 atom stereocenters. The minimum Gasteiger partial charge on any atom is -0.496 e. The van der Waals surface area contributed by atoms with Crippen LogP contribution < -0.4 is 9.47 Å². The number of aryl methyl sites for hydroxylation is 1. The van der Waals surface area contributed by atoms with E-state index in [9.17, 15) is 10.2 Å². The van der Waals surface area contributed by atoms with Crippen LogP contribution in [0.3, 0.4) is 0 Å². The molecule has 0 bridgehead atoms. The molecule has 4 heteroatoms. The van der Waals surface area contributed by atoms with E-state index in [-0.39, 0.29) is 29.1 Å². The standard InChI is InChI=1S/C24H36O4/c1-14-11-18(27-6)16-12-24(28-21(16)17(14)13-25)15(2)7-8-19-22(3,4)20(26)9-10-23(19,24)5/h11,15,19-20,25-26H,7-10,12-13H2,1-6H3. The van der Waals surface area contributed by atoms with Crippen LogP contribution >= 0.6 is 0 Å². The van der Waals surface area contributed by atoms with Crippen molar-refractivity contribution in [1.29, 1.82) is 0 Å². The highest BCUT2D eigenvalue weighted by Crippen LogP contribution is 2.67. The van der Waals surface area contributed by atoms with Gasteiger partial charge >= 0.3 is 0 Å². The smallest absolute Gasteiger partial charge is 0.133 e. The lowest BCUT2D eigenvalue weighted by Crippen LogP contribution is -2.66. The third-order valence-corrected chi connectivity index (χ3v) is 8.89. The van der Waals surface area contributed by atoms with Crippen LogP contribution in [0.25, 0.3) is 0 Å². The first-order valence-electron chi connectivity index (χ1n) is 10.8. The van der Waals surface area contributed by atoms with Crippen LogP contribution in [0.15, 0.2) is 6.07 Å². The van der Waals surface area contributed by atoms with Crippen molar-refractivity contribution in [3.63, 3.8) is 0 Å². The SMILES string of the molecule is COc1cc(C)c(CO)c2c1CC1(O2)C(C)CCC2C(C)(C)C(O)CCC21C. The van der Waals surface area contributed by atoms with Crippen molar-refractivity contribution < 1.29 is 19.7 Å². The molecule has 1 spiro atoms. The molecule has 4 nitrogen and oxygen atoms in total. The lowest BCUT2D eigenvalue weighted by molar-refractivity contribution is -0.210. The van der Waals surface area contributed by atoms with Crippen LogP contribution in [0.4, 0.5) is 0 Å². The first kappa shape index (κ1) is 20.0. The highest BCUT2D eigenvalue weighted by atomic mass is 16.5. The number of rotatable bonds is 2. The van der Waals surface area contributed by atoms with E-state index >= 15 is 0 Å². The minimum absolute atomic E-state index is 0.0209. The normalized spacial score (nSPS) is 38.6. The Hall–Kier alpha value is -1.26. The Labute approximate surface area is 169 Å². The van der Waals surface area contributed by atoms with Crippen molar-refractivity contribution in [1.82, 2.24) is 0 Å². The average Bonchev–Trinajstić information content (AvgIpc) is 3.05. The van der Waals surface area contributed by atoms with Gasteiger partial charge in [0.1, 0.15) is 17.1 Å². The van der Waals surface area contributed by atoms with Crippen molar-refractivity contribution in [2.24, 2.45) is 22.7 Å². The van der Waals surface area contributed by atoms with E-state index in [0.717, 1.165) is 60.3 Å². The maximum atomic E-state index is 10.8. The van der Waals surface area contributed by atoms with Crippen LogP contribution in [-0.4, -0.2) is 29.0 Å². The molecule has 3 aliphatic rings. The van der Waals surface area contributed by atoms with Crippen LogP contribution in [0, 0.1) is 29.6 Å². The molecule has 2 aliphatic carbocycles. The lowest BCUT2D eigenvalue weighted by Gasteiger charge is -2.64. The first-order valence-corrected chi connectivity index (χ1v) is 10.8. The monoisotopic (exact) mass is 388 g/mol. The summed E-state index contributed by atoms with van der Waals surface area (Å²) in [5.41, 5.74) is 2.53. The molecule has 0 aromatic heterocycles. The Morgan fingerprint density at radius 1 is 1.21 bits per heavy atom. The van der Waals surface area contributed by atoms with Gasteiger partial charge in [0, 0.05) is 23.0 Å². The van der Waals surface area contributed by atoms with Crippen molar-refractivity contribution in [2.45, 2.75) is 85.0 Å². The van der Waals surface area contributed by atoms with Crippen molar-refractivity contribution in [3.05, 3.63) is 22.8 Å². The fraction of sp³-hybridized carbons (Fsp3) is 0.750. The summed E-state index contributed by atoms with van der Waals surface area (Å²) >= 11 is 0. The maximum Gasteiger partial charge on any atom is 0.133 e. The minimum atomic E-state index is -0.319. The van der Waals surface area contributed by atoms with E-state index in [4.69, 9.17) is 9.47 Å². The molecule has 28 heavy (non-hydrogen) atoms. The summed E-state index contributed by atoms with van der Waals surface area (Å²) in [6.45, 7) is 11.2. The lowest BCUT2D eigenvalue weighted by atomic mass is 9.43. The third kappa shape index (κ3) is 2.37. The molecule has 5 unspecified atom stereocenters. The Morgan fingerprint density at radius 2 is 1.93 bits per heavy atom. The molecule has 1 aromatic rings.